The summed E-state index contributed by atoms with van der Waals surface area (Å²) in [4.78, 5) is 14.1. The molecule has 0 saturated carbocycles. The zero-order valence-corrected chi connectivity index (χ0v) is 12.0. The zero-order valence-electron chi connectivity index (χ0n) is 12.0. The van der Waals surface area contributed by atoms with E-state index in [1.807, 2.05) is 25.1 Å². The summed E-state index contributed by atoms with van der Waals surface area (Å²) in [5.74, 6) is -0.00494. The number of allylic oxidation sites excluding steroid dienone is 3. The highest BCUT2D eigenvalue weighted by molar-refractivity contribution is 5.88. The van der Waals surface area contributed by atoms with E-state index in [-0.39, 0.29) is 11.9 Å². The van der Waals surface area contributed by atoms with Crippen LogP contribution in [0.1, 0.15) is 18.9 Å². The summed E-state index contributed by atoms with van der Waals surface area (Å²) in [6.45, 7) is 4.86. The monoisotopic (exact) mass is 270 g/mol. The van der Waals surface area contributed by atoms with Crippen molar-refractivity contribution in [3.05, 3.63) is 60.2 Å². The van der Waals surface area contributed by atoms with Gasteiger partial charge in [-0.2, -0.15) is 0 Å². The van der Waals surface area contributed by atoms with Crippen molar-refractivity contribution in [1.29, 1.82) is 0 Å². The lowest BCUT2D eigenvalue weighted by Crippen LogP contribution is -2.35. The lowest BCUT2D eigenvalue weighted by molar-refractivity contribution is -0.117. The summed E-state index contributed by atoms with van der Waals surface area (Å²) in [7, 11) is 0. The molecule has 1 atom stereocenters. The fourth-order valence-electron chi connectivity index (χ4n) is 2.44. The molecule has 106 valence electrons. The molecule has 1 aliphatic heterocycles. The smallest absolute Gasteiger partial charge is 0.244 e. The van der Waals surface area contributed by atoms with Crippen molar-refractivity contribution in [3.8, 4) is 0 Å². The van der Waals surface area contributed by atoms with Crippen molar-refractivity contribution >= 4 is 5.91 Å². The second kappa shape index (κ2) is 7.65. The third-order valence-corrected chi connectivity index (χ3v) is 3.42. The first-order valence-electron chi connectivity index (χ1n) is 7.14. The van der Waals surface area contributed by atoms with Crippen LogP contribution >= 0.6 is 0 Å². The highest BCUT2D eigenvalue weighted by Crippen LogP contribution is 2.13. The van der Waals surface area contributed by atoms with E-state index >= 15 is 0 Å². The minimum Gasteiger partial charge on any atom is -0.348 e. The average Bonchev–Trinajstić information content (AvgIpc) is 2.87. The molecule has 0 bridgehead atoms. The maximum Gasteiger partial charge on any atom is 0.244 e. The van der Waals surface area contributed by atoms with Gasteiger partial charge in [0, 0.05) is 31.8 Å². The van der Waals surface area contributed by atoms with Crippen LogP contribution in [0.5, 0.6) is 0 Å². The fourth-order valence-corrected chi connectivity index (χ4v) is 2.44. The van der Waals surface area contributed by atoms with Gasteiger partial charge in [-0.1, -0.05) is 48.6 Å². The Balaban J connectivity index is 1.76. The summed E-state index contributed by atoms with van der Waals surface area (Å²) in [6.07, 6.45) is 8.14. The number of hydrogen-bond donors (Lipinski definition) is 1. The topological polar surface area (TPSA) is 32.3 Å². The van der Waals surface area contributed by atoms with Crippen molar-refractivity contribution < 1.29 is 4.79 Å². The molecule has 1 N–H and O–H groups in total. The van der Waals surface area contributed by atoms with Crippen LogP contribution in [-0.4, -0.2) is 29.9 Å². The van der Waals surface area contributed by atoms with Crippen molar-refractivity contribution in [1.82, 2.24) is 10.2 Å². The first kappa shape index (κ1) is 14.5. The van der Waals surface area contributed by atoms with E-state index in [4.69, 9.17) is 0 Å². The van der Waals surface area contributed by atoms with Crippen molar-refractivity contribution in [2.45, 2.75) is 25.9 Å². The third-order valence-electron chi connectivity index (χ3n) is 3.42. The van der Waals surface area contributed by atoms with Crippen LogP contribution in [0, 0.1) is 0 Å². The van der Waals surface area contributed by atoms with Crippen LogP contribution in [0.3, 0.4) is 0 Å². The summed E-state index contributed by atoms with van der Waals surface area (Å²) >= 11 is 0. The Bertz CT molecular complexity index is 479. The van der Waals surface area contributed by atoms with Crippen LogP contribution in [0.25, 0.3) is 0 Å². The molecule has 1 heterocycles. The Morgan fingerprint density at radius 2 is 2.15 bits per heavy atom. The molecule has 1 amide bonds. The minimum atomic E-state index is -0.00494. The van der Waals surface area contributed by atoms with Crippen LogP contribution in [0.4, 0.5) is 0 Å². The van der Waals surface area contributed by atoms with Crippen LogP contribution < -0.4 is 5.32 Å². The Hall–Kier alpha value is -1.87. The normalized spacial score (nSPS) is 19.9. The highest BCUT2D eigenvalue weighted by Gasteiger charge is 2.22. The number of amides is 1. The second-order valence-electron chi connectivity index (χ2n) is 5.10. The number of nitrogens with one attached hydrogen (secondary N) is 1. The van der Waals surface area contributed by atoms with E-state index in [0.717, 1.165) is 26.1 Å². The number of nitrogens with zero attached hydrogens (tertiary/aromatic N) is 1. The van der Waals surface area contributed by atoms with Gasteiger partial charge in [-0.3, -0.25) is 9.69 Å². The molecule has 3 nitrogen and oxygen atoms in total. The number of hydrogen-bond acceptors (Lipinski definition) is 2. The van der Waals surface area contributed by atoms with E-state index in [9.17, 15) is 4.79 Å². The molecule has 0 aliphatic carbocycles. The van der Waals surface area contributed by atoms with Gasteiger partial charge in [0.15, 0.2) is 0 Å². The van der Waals surface area contributed by atoms with Gasteiger partial charge >= 0.3 is 0 Å². The maximum atomic E-state index is 11.7. The van der Waals surface area contributed by atoms with E-state index in [1.165, 1.54) is 5.56 Å². The molecule has 1 fully saturated rings. The van der Waals surface area contributed by atoms with Gasteiger partial charge in [-0.25, -0.2) is 0 Å². The molecule has 1 aliphatic rings. The largest absolute Gasteiger partial charge is 0.348 e. The molecule has 1 aromatic carbocycles. The summed E-state index contributed by atoms with van der Waals surface area (Å²) in [5, 5.41) is 3.05. The Morgan fingerprint density at radius 1 is 1.35 bits per heavy atom. The predicted octanol–water partition coefficient (Wildman–Crippen LogP) is 2.51. The van der Waals surface area contributed by atoms with Crippen LogP contribution in [0.15, 0.2) is 54.6 Å². The van der Waals surface area contributed by atoms with Gasteiger partial charge in [-0.05, 0) is 18.9 Å². The molecule has 1 saturated heterocycles. The number of carbonyl (C=O) groups excluding carboxylic acids is 1. The van der Waals surface area contributed by atoms with Crippen LogP contribution in [0.2, 0.25) is 0 Å². The number of carbonyl (C=O) groups is 1. The summed E-state index contributed by atoms with van der Waals surface area (Å²) < 4.78 is 0. The molecule has 0 unspecified atom stereocenters. The molecular weight excluding hydrogens is 248 g/mol. The van der Waals surface area contributed by atoms with Gasteiger partial charge in [0.25, 0.3) is 0 Å². The Labute approximate surface area is 121 Å². The third kappa shape index (κ3) is 4.67. The van der Waals surface area contributed by atoms with E-state index in [2.05, 4.69) is 34.5 Å². The summed E-state index contributed by atoms with van der Waals surface area (Å²) in [6, 6.07) is 10.7. The quantitative estimate of drug-likeness (QED) is 0.658. The van der Waals surface area contributed by atoms with E-state index in [1.54, 1.807) is 12.2 Å². The van der Waals surface area contributed by atoms with E-state index < -0.39 is 0 Å². The summed E-state index contributed by atoms with van der Waals surface area (Å²) in [5.41, 5.74) is 1.33. The van der Waals surface area contributed by atoms with Crippen molar-refractivity contribution in [3.63, 3.8) is 0 Å². The molecule has 1 aromatic rings. The lowest BCUT2D eigenvalue weighted by atomic mass is 10.2. The Morgan fingerprint density at radius 3 is 2.90 bits per heavy atom. The zero-order chi connectivity index (χ0) is 14.2. The number of benzene rings is 1. The molecule has 0 spiro atoms. The van der Waals surface area contributed by atoms with Gasteiger partial charge in [0.1, 0.15) is 0 Å². The maximum absolute atomic E-state index is 11.7. The van der Waals surface area contributed by atoms with Crippen LogP contribution in [-0.2, 0) is 11.3 Å². The molecule has 20 heavy (non-hydrogen) atoms. The average molecular weight is 270 g/mol. The minimum absolute atomic E-state index is 0.00494. The number of rotatable bonds is 5. The number of likely N-dealkylation sites (tertiary alicyclic amines) is 1. The molecule has 0 aromatic heterocycles. The fraction of sp³-hybridized carbons (Fsp3) is 0.353. The van der Waals surface area contributed by atoms with Crippen molar-refractivity contribution in [2.24, 2.45) is 0 Å². The predicted molar refractivity (Wildman–Crippen MR) is 82.2 cm³/mol. The van der Waals surface area contributed by atoms with Crippen molar-refractivity contribution in [2.75, 3.05) is 13.1 Å². The van der Waals surface area contributed by atoms with Gasteiger partial charge in [-0.15, -0.1) is 0 Å². The Kier molecular flexibility index (Phi) is 5.56. The molecule has 0 radical (unpaired) electrons. The SMILES string of the molecule is C/C=C/C=C/C(=O)N[C@H]1CCN(Cc2ccccc2)C1. The van der Waals surface area contributed by atoms with E-state index in [0.29, 0.717) is 0 Å². The first-order valence-corrected chi connectivity index (χ1v) is 7.14. The van der Waals surface area contributed by atoms with Gasteiger partial charge < -0.3 is 5.32 Å². The highest BCUT2D eigenvalue weighted by atomic mass is 16.1. The van der Waals surface area contributed by atoms with Gasteiger partial charge in [0.2, 0.25) is 5.91 Å². The standard InChI is InChI=1S/C17H22N2O/c1-2-3-5-10-17(20)18-16-11-12-19(14-16)13-15-8-6-4-7-9-15/h2-10,16H,11-14H2,1H3,(H,18,20)/b3-2+,10-5+/t16-/m0/s1. The second-order valence-corrected chi connectivity index (χ2v) is 5.10. The molecule has 2 rings (SSSR count). The lowest BCUT2D eigenvalue weighted by Gasteiger charge is -2.16. The molecular formula is C17H22N2O. The van der Waals surface area contributed by atoms with Gasteiger partial charge in [0.05, 0.1) is 0 Å². The molecule has 3 heteroatoms. The first-order chi connectivity index (χ1) is 9.78.